The Kier molecular flexibility index (Phi) is 6.40. The minimum Gasteiger partial charge on any atom is -0.507 e. The van der Waals surface area contributed by atoms with Crippen molar-refractivity contribution >= 4 is 17.4 Å². The highest BCUT2D eigenvalue weighted by atomic mass is 16.5. The first-order valence-corrected chi connectivity index (χ1v) is 12.8. The number of nitrogens with zero attached hydrogens (tertiary/aromatic N) is 3. The van der Waals surface area contributed by atoms with Crippen molar-refractivity contribution in [3.05, 3.63) is 89.0 Å². The highest BCUT2D eigenvalue weighted by molar-refractivity contribution is 6.46. The molecule has 1 N–H and O–H groups in total. The van der Waals surface area contributed by atoms with Crippen molar-refractivity contribution in [2.24, 2.45) is 0 Å². The third-order valence-electron chi connectivity index (χ3n) is 7.18. The molecule has 3 aromatic rings. The van der Waals surface area contributed by atoms with Gasteiger partial charge in [-0.3, -0.25) is 9.59 Å². The molecule has 7 heteroatoms. The van der Waals surface area contributed by atoms with Crippen LogP contribution in [0.4, 0.5) is 0 Å². The van der Waals surface area contributed by atoms with E-state index in [-0.39, 0.29) is 22.9 Å². The van der Waals surface area contributed by atoms with Crippen LogP contribution in [-0.4, -0.2) is 43.9 Å². The Labute approximate surface area is 217 Å². The zero-order chi connectivity index (χ0) is 26.3. The number of carbonyl (C=O) groups is 2. The first-order valence-electron chi connectivity index (χ1n) is 12.8. The summed E-state index contributed by atoms with van der Waals surface area (Å²) in [5.41, 5.74) is 3.55. The van der Waals surface area contributed by atoms with E-state index in [0.29, 0.717) is 25.1 Å². The molecule has 1 saturated heterocycles. The number of fused-ring (bicyclic) bond motifs is 1. The highest BCUT2D eigenvalue weighted by Crippen LogP contribution is 2.41. The zero-order valence-corrected chi connectivity index (χ0v) is 21.8. The van der Waals surface area contributed by atoms with E-state index in [1.807, 2.05) is 54.1 Å². The van der Waals surface area contributed by atoms with E-state index in [4.69, 9.17) is 4.74 Å². The molecule has 0 saturated carbocycles. The van der Waals surface area contributed by atoms with Crippen LogP contribution in [0.15, 0.2) is 66.8 Å². The smallest absolute Gasteiger partial charge is 0.295 e. The van der Waals surface area contributed by atoms with E-state index in [1.165, 1.54) is 0 Å². The molecule has 192 valence electrons. The number of rotatable bonds is 6. The van der Waals surface area contributed by atoms with Crippen molar-refractivity contribution in [1.82, 2.24) is 14.5 Å². The molecule has 1 aromatic heterocycles. The molecular weight excluding hydrogens is 466 g/mol. The number of aromatic nitrogens is 2. The maximum atomic E-state index is 13.4. The summed E-state index contributed by atoms with van der Waals surface area (Å²) in [5, 5.41) is 11.4. The lowest BCUT2D eigenvalue weighted by molar-refractivity contribution is -0.139. The fraction of sp³-hybridized carbons (Fsp3) is 0.367. The number of hydrogen-bond donors (Lipinski definition) is 1. The standard InChI is InChI=1S/C30H33N3O4/c1-19-16-22-17-21(8-11-24(22)37-19)27(34)25-26(20-6-9-23(10-7-20)30(2,3)4)33(29(36)28(25)35)14-5-13-32-15-12-31-18-32/h6-12,15,17-19,26,34H,5,13-14,16H2,1-4H3/t19-,26-/m0/s1. The van der Waals surface area contributed by atoms with Gasteiger partial charge in [-0.15, -0.1) is 0 Å². The molecule has 2 aliphatic heterocycles. The van der Waals surface area contributed by atoms with Crippen LogP contribution in [0.5, 0.6) is 5.75 Å². The summed E-state index contributed by atoms with van der Waals surface area (Å²) in [6.45, 7) is 9.46. The molecule has 2 aromatic carbocycles. The molecule has 3 heterocycles. The Bertz CT molecular complexity index is 1350. The third-order valence-corrected chi connectivity index (χ3v) is 7.18. The average Bonchev–Trinajstić information content (AvgIpc) is 3.57. The molecule has 0 spiro atoms. The molecule has 37 heavy (non-hydrogen) atoms. The average molecular weight is 500 g/mol. The lowest BCUT2D eigenvalue weighted by Crippen LogP contribution is -2.31. The number of imidazole rings is 1. The van der Waals surface area contributed by atoms with Crippen molar-refractivity contribution in [1.29, 1.82) is 0 Å². The second kappa shape index (κ2) is 9.54. The number of likely N-dealkylation sites (tertiary alicyclic amines) is 1. The van der Waals surface area contributed by atoms with Crippen LogP contribution in [0.3, 0.4) is 0 Å². The normalized spacial score (nSPS) is 20.8. The minimum absolute atomic E-state index is 0.0330. The second-order valence-corrected chi connectivity index (χ2v) is 11.0. The predicted molar refractivity (Wildman–Crippen MR) is 141 cm³/mol. The number of hydrogen-bond acceptors (Lipinski definition) is 5. The summed E-state index contributed by atoms with van der Waals surface area (Å²) in [4.78, 5) is 32.3. The van der Waals surface area contributed by atoms with Crippen LogP contribution < -0.4 is 4.74 Å². The van der Waals surface area contributed by atoms with Crippen molar-refractivity contribution in [2.45, 2.75) is 64.6 Å². The lowest BCUT2D eigenvalue weighted by atomic mass is 9.85. The number of aliphatic hydroxyl groups excluding tert-OH is 1. The van der Waals surface area contributed by atoms with Crippen molar-refractivity contribution in [2.75, 3.05) is 6.54 Å². The van der Waals surface area contributed by atoms with Gasteiger partial charge in [0.15, 0.2) is 0 Å². The Morgan fingerprint density at radius 1 is 1.11 bits per heavy atom. The van der Waals surface area contributed by atoms with Crippen LogP contribution >= 0.6 is 0 Å². The van der Waals surface area contributed by atoms with Gasteiger partial charge in [-0.05, 0) is 53.6 Å². The first-order chi connectivity index (χ1) is 17.6. The lowest BCUT2D eigenvalue weighted by Gasteiger charge is -2.26. The molecule has 1 amide bonds. The first kappa shape index (κ1) is 24.8. The monoisotopic (exact) mass is 499 g/mol. The molecule has 7 nitrogen and oxygen atoms in total. The van der Waals surface area contributed by atoms with Crippen molar-refractivity contribution < 1.29 is 19.4 Å². The van der Waals surface area contributed by atoms with Gasteiger partial charge >= 0.3 is 0 Å². The number of ether oxygens (including phenoxy) is 1. The van der Waals surface area contributed by atoms with Gasteiger partial charge in [0.2, 0.25) is 0 Å². The number of aliphatic hydroxyl groups is 1. The Balaban J connectivity index is 1.54. The van der Waals surface area contributed by atoms with Crippen LogP contribution in [0.1, 0.15) is 62.4 Å². The van der Waals surface area contributed by atoms with Crippen LogP contribution in [0.25, 0.3) is 5.76 Å². The molecule has 2 aliphatic rings. The van der Waals surface area contributed by atoms with E-state index >= 15 is 0 Å². The molecule has 5 rings (SSSR count). The van der Waals surface area contributed by atoms with E-state index < -0.39 is 17.7 Å². The van der Waals surface area contributed by atoms with Gasteiger partial charge in [0, 0.05) is 37.5 Å². The van der Waals surface area contributed by atoms with E-state index in [0.717, 1.165) is 28.9 Å². The SMILES string of the molecule is C[C@H]1Cc2cc(C(O)=C3C(=O)C(=O)N(CCCn4ccnc4)[C@H]3c3ccc(C(C)(C)C)cc3)ccc2O1. The summed E-state index contributed by atoms with van der Waals surface area (Å²) in [5.74, 6) is -0.605. The van der Waals surface area contributed by atoms with E-state index in [1.54, 1.807) is 23.5 Å². The minimum atomic E-state index is -0.666. The third kappa shape index (κ3) is 4.78. The molecule has 2 atom stereocenters. The zero-order valence-electron chi connectivity index (χ0n) is 21.8. The summed E-state index contributed by atoms with van der Waals surface area (Å²) in [6.07, 6.45) is 6.76. The summed E-state index contributed by atoms with van der Waals surface area (Å²) in [6, 6.07) is 12.8. The number of aryl methyl sites for hydroxylation is 1. The highest BCUT2D eigenvalue weighted by Gasteiger charge is 2.46. The summed E-state index contributed by atoms with van der Waals surface area (Å²) < 4.78 is 7.73. The van der Waals surface area contributed by atoms with Crippen molar-refractivity contribution in [3.63, 3.8) is 0 Å². The fourth-order valence-electron chi connectivity index (χ4n) is 5.19. The van der Waals surface area contributed by atoms with Gasteiger partial charge in [-0.25, -0.2) is 4.98 Å². The summed E-state index contributed by atoms with van der Waals surface area (Å²) >= 11 is 0. The molecule has 1 fully saturated rings. The van der Waals surface area contributed by atoms with Crippen LogP contribution in [0.2, 0.25) is 0 Å². The van der Waals surface area contributed by atoms with Gasteiger partial charge in [-0.1, -0.05) is 45.0 Å². The topological polar surface area (TPSA) is 84.7 Å². The fourth-order valence-corrected chi connectivity index (χ4v) is 5.19. The molecular formula is C30H33N3O4. The quantitative estimate of drug-likeness (QED) is 0.293. The van der Waals surface area contributed by atoms with Gasteiger partial charge in [0.25, 0.3) is 11.7 Å². The maximum Gasteiger partial charge on any atom is 0.295 e. The van der Waals surface area contributed by atoms with Gasteiger partial charge < -0.3 is 19.3 Å². The van der Waals surface area contributed by atoms with Crippen LogP contribution in [0, 0.1) is 0 Å². The predicted octanol–water partition coefficient (Wildman–Crippen LogP) is 5.02. The largest absolute Gasteiger partial charge is 0.507 e. The van der Waals surface area contributed by atoms with Gasteiger partial charge in [0.1, 0.15) is 17.6 Å². The van der Waals surface area contributed by atoms with E-state index in [2.05, 4.69) is 25.8 Å². The molecule has 0 bridgehead atoms. The molecule has 0 aliphatic carbocycles. The molecule has 0 radical (unpaired) electrons. The summed E-state index contributed by atoms with van der Waals surface area (Å²) in [7, 11) is 0. The van der Waals surface area contributed by atoms with Gasteiger partial charge in [0.05, 0.1) is 17.9 Å². The maximum absolute atomic E-state index is 13.4. The number of carbonyl (C=O) groups excluding carboxylic acids is 2. The van der Waals surface area contributed by atoms with Crippen LogP contribution in [-0.2, 0) is 28.0 Å². The Hall–Kier alpha value is -3.87. The number of benzene rings is 2. The van der Waals surface area contributed by atoms with E-state index in [9.17, 15) is 14.7 Å². The Morgan fingerprint density at radius 2 is 1.86 bits per heavy atom. The van der Waals surface area contributed by atoms with Crippen molar-refractivity contribution in [3.8, 4) is 5.75 Å². The Morgan fingerprint density at radius 3 is 2.54 bits per heavy atom. The molecule has 0 unspecified atom stereocenters. The number of Topliss-reactive ketones (excluding diaryl/α,β-unsaturated/α-hetero) is 1. The number of ketones is 1. The van der Waals surface area contributed by atoms with Gasteiger partial charge in [-0.2, -0.15) is 0 Å². The number of amides is 1. The second-order valence-electron chi connectivity index (χ2n) is 11.0.